The summed E-state index contributed by atoms with van der Waals surface area (Å²) in [6.07, 6.45) is 4.77. The Morgan fingerprint density at radius 1 is 0.291 bits per heavy atom. The Morgan fingerprint density at radius 3 is 0.628 bits per heavy atom. The van der Waals surface area contributed by atoms with Gasteiger partial charge in [0.2, 0.25) is 0 Å². The van der Waals surface area contributed by atoms with Crippen LogP contribution in [0.1, 0.15) is 127 Å². The first-order valence-electron chi connectivity index (χ1n) is 30.7. The predicted octanol–water partition coefficient (Wildman–Crippen LogP) is 18.5. The Bertz CT molecular complexity index is 3430. The van der Waals surface area contributed by atoms with Crippen LogP contribution < -0.4 is 24.8 Å². The van der Waals surface area contributed by atoms with Gasteiger partial charge in [0, 0.05) is 0 Å². The minimum Gasteiger partial charge on any atom is -1.00 e. The van der Waals surface area contributed by atoms with Gasteiger partial charge in [-0.3, -0.25) is 0 Å². The van der Waals surface area contributed by atoms with E-state index in [9.17, 15) is 0 Å². The van der Waals surface area contributed by atoms with Gasteiger partial charge in [-0.05, 0) is 45.9 Å². The molecule has 0 radical (unpaired) electrons. The molecule has 6 heteroatoms. The van der Waals surface area contributed by atoms with E-state index in [-0.39, 0.29) is 35.7 Å². The molecule has 0 bridgehead atoms. The zero-order valence-electron chi connectivity index (χ0n) is 53.0. The van der Waals surface area contributed by atoms with Gasteiger partial charge in [0.15, 0.2) is 0 Å². The van der Waals surface area contributed by atoms with Crippen molar-refractivity contribution in [3.63, 3.8) is 0 Å². The summed E-state index contributed by atoms with van der Waals surface area (Å²) in [6.45, 7) is 27.4. The smallest absolute Gasteiger partial charge is 1.00 e. The van der Waals surface area contributed by atoms with E-state index in [1.807, 2.05) is 0 Å². The standard InChI is InChI=1S/4C19H19.2C2H6Si.2ClH.2Zr/c4*1-3-14(2)17-12-16-10-7-11-18(19(16)13-17)15-8-5-4-6-9-15;2*1-3-2;;;;/h4*4-14H,3H2,1-2H3;2*1-2H3;2*1H;;/q4*-1;;;;;2*+2/p-2. The minimum absolute atomic E-state index is 0. The molecule has 12 rings (SSSR count). The topological polar surface area (TPSA) is 0 Å². The molecule has 86 heavy (non-hydrogen) atoms. The molecule has 0 aliphatic rings. The molecule has 0 aliphatic carbocycles. The molecular weight excluding hydrogens is 1270 g/mol. The second-order valence-corrected chi connectivity index (χ2v) is 41.8. The number of hydrogen-bond donors (Lipinski definition) is 0. The number of rotatable bonds is 12. The van der Waals surface area contributed by atoms with E-state index >= 15 is 0 Å². The molecule has 0 aliphatic heterocycles. The van der Waals surface area contributed by atoms with Gasteiger partial charge in [0.05, 0.1) is 0 Å². The van der Waals surface area contributed by atoms with Crippen LogP contribution in [0.3, 0.4) is 0 Å². The van der Waals surface area contributed by atoms with E-state index < -0.39 is 0 Å². The fourth-order valence-corrected chi connectivity index (χ4v) is 10.6. The van der Waals surface area contributed by atoms with Crippen molar-refractivity contribution in [3.05, 3.63) is 265 Å². The Hall–Kier alpha value is -5.02. The molecular formula is C80H88Cl2Si2Zr2-2. The largest absolute Gasteiger partial charge is 1.00 e. The van der Waals surface area contributed by atoms with Gasteiger partial charge in [-0.25, -0.2) is 0 Å². The molecule has 0 saturated carbocycles. The van der Waals surface area contributed by atoms with Crippen LogP contribution in [0.15, 0.2) is 243 Å². The van der Waals surface area contributed by atoms with Gasteiger partial charge in [-0.15, -0.1) is 138 Å². The molecule has 4 unspecified atom stereocenters. The fraction of sp³-hybridized carbons (Fsp3) is 0.250. The van der Waals surface area contributed by atoms with Crippen LogP contribution in [0.2, 0.25) is 26.2 Å². The molecule has 4 atom stereocenters. The molecule has 12 aromatic carbocycles. The van der Waals surface area contributed by atoms with E-state index in [1.54, 1.807) is 46.7 Å². The third-order valence-corrected chi connectivity index (χ3v) is 16.2. The molecule has 440 valence electrons. The average molecular weight is 1360 g/mol. The Labute approximate surface area is 560 Å². The van der Waals surface area contributed by atoms with Crippen molar-refractivity contribution in [2.24, 2.45) is 0 Å². The summed E-state index contributed by atoms with van der Waals surface area (Å²) < 4.78 is 0. The van der Waals surface area contributed by atoms with Crippen LogP contribution >= 0.6 is 0 Å². The van der Waals surface area contributed by atoms with E-state index in [2.05, 4.69) is 324 Å². The van der Waals surface area contributed by atoms with Crippen LogP contribution in [0.5, 0.6) is 0 Å². The summed E-state index contributed by atoms with van der Waals surface area (Å²) in [6, 6.07) is 87.8. The maximum absolute atomic E-state index is 2.37. The van der Waals surface area contributed by atoms with Crippen molar-refractivity contribution in [2.75, 3.05) is 0 Å². The summed E-state index contributed by atoms with van der Waals surface area (Å²) in [5.41, 5.74) is 16.8. The maximum Gasteiger partial charge on any atom is -1.00 e. The zero-order chi connectivity index (χ0) is 60.1. The first kappa shape index (κ1) is 71.7. The summed E-state index contributed by atoms with van der Waals surface area (Å²) >= 11 is 3.48. The molecule has 0 nitrogen and oxygen atoms in total. The van der Waals surface area contributed by atoms with Crippen LogP contribution in [-0.2, 0) is 46.7 Å². The maximum atomic E-state index is 2.37. The Morgan fingerprint density at radius 2 is 0.465 bits per heavy atom. The van der Waals surface area contributed by atoms with Gasteiger partial charge in [0.1, 0.15) is 0 Å². The number of hydrogen-bond acceptors (Lipinski definition) is 0. The van der Waals surface area contributed by atoms with Gasteiger partial charge in [0.25, 0.3) is 0 Å². The summed E-state index contributed by atoms with van der Waals surface area (Å²) in [5.74, 6) is 2.54. The zero-order valence-corrected chi connectivity index (χ0v) is 61.4. The summed E-state index contributed by atoms with van der Waals surface area (Å²) in [5, 5.41) is 10.9. The molecule has 0 heterocycles. The van der Waals surface area contributed by atoms with Crippen molar-refractivity contribution in [1.82, 2.24) is 0 Å². The number of fused-ring (bicyclic) bond motifs is 4. The van der Waals surface area contributed by atoms with Crippen LogP contribution in [-0.4, -0.2) is 10.9 Å². The van der Waals surface area contributed by atoms with Crippen LogP contribution in [0.4, 0.5) is 0 Å². The average Bonchev–Trinajstić information content (AvgIpc) is 3.05. The van der Waals surface area contributed by atoms with E-state index in [0.29, 0.717) is 23.7 Å². The third-order valence-electron chi connectivity index (χ3n) is 16.2. The molecule has 0 N–H and O–H groups in total. The van der Waals surface area contributed by atoms with Gasteiger partial charge in [-0.2, -0.15) is 24.3 Å². The molecule has 0 saturated heterocycles. The molecule has 0 spiro atoms. The first-order valence-corrected chi connectivity index (χ1v) is 43.0. The number of halogens is 2. The molecule has 12 aromatic rings. The van der Waals surface area contributed by atoms with Crippen LogP contribution in [0, 0.1) is 0 Å². The fourth-order valence-electron chi connectivity index (χ4n) is 10.6. The van der Waals surface area contributed by atoms with E-state index in [4.69, 9.17) is 0 Å². The van der Waals surface area contributed by atoms with Crippen molar-refractivity contribution in [3.8, 4) is 44.5 Å². The van der Waals surface area contributed by atoms with Gasteiger partial charge >= 0.3 is 83.7 Å². The SMILES string of the molecule is CCC(C)c1cc2c(-c3ccccc3)cccc2[cH-]1.CCC(C)c1cc2c(-c3ccccc3)cccc2[cH-]1.CCC(C)c1cc2c(-c3ccccc3)cccc2[cH-]1.CCC(C)c1cc2c(-c3ccccc3)cccc2[cH-]1.C[Si](C)=[Zr+2].C[Si](C)=[Zr+2].[Cl-].[Cl-]. The second kappa shape index (κ2) is 36.5. The van der Waals surface area contributed by atoms with Crippen molar-refractivity contribution < 1.29 is 71.5 Å². The van der Waals surface area contributed by atoms with Crippen LogP contribution in [0.25, 0.3) is 87.6 Å². The normalized spacial score (nSPS) is 11.9. The van der Waals surface area contributed by atoms with Gasteiger partial charge < -0.3 is 24.8 Å². The molecule has 0 aromatic heterocycles. The molecule has 0 fully saturated rings. The van der Waals surface area contributed by atoms with Crippen molar-refractivity contribution in [1.29, 1.82) is 0 Å². The predicted molar refractivity (Wildman–Crippen MR) is 370 cm³/mol. The quantitative estimate of drug-likeness (QED) is 0.0845. The monoisotopic (exact) mass is 1350 g/mol. The second-order valence-electron chi connectivity index (χ2n) is 23.1. The summed E-state index contributed by atoms with van der Waals surface area (Å²) in [4.78, 5) is 0. The van der Waals surface area contributed by atoms with Crippen molar-refractivity contribution in [2.45, 2.75) is 131 Å². The Kier molecular flexibility index (Phi) is 30.4. The number of benzene rings is 8. The summed E-state index contributed by atoms with van der Waals surface area (Å²) in [7, 11) is 0. The van der Waals surface area contributed by atoms with E-state index in [0.717, 1.165) is 0 Å². The minimum atomic E-state index is 0. The first-order chi connectivity index (χ1) is 40.6. The Balaban J connectivity index is 0.000000199. The van der Waals surface area contributed by atoms with E-state index in [1.165, 1.54) is 136 Å². The van der Waals surface area contributed by atoms with Gasteiger partial charge in [-0.1, -0.05) is 249 Å². The third kappa shape index (κ3) is 20.0. The van der Waals surface area contributed by atoms with Crippen molar-refractivity contribution >= 4 is 54.0 Å². The molecule has 0 amide bonds.